The average Bonchev–Trinajstić information content (AvgIpc) is 2.90. The molecule has 3 nitrogen and oxygen atoms in total. The lowest BCUT2D eigenvalue weighted by Crippen LogP contribution is -2.55. The van der Waals surface area contributed by atoms with Gasteiger partial charge in [-0.1, -0.05) is 0 Å². The van der Waals surface area contributed by atoms with Crippen molar-refractivity contribution in [1.82, 2.24) is 10.2 Å². The molecule has 0 bridgehead atoms. The van der Waals surface area contributed by atoms with Crippen LogP contribution < -0.4 is 5.32 Å². The quantitative estimate of drug-likeness (QED) is 0.793. The predicted octanol–water partition coefficient (Wildman–Crippen LogP) is 2.17. The molecule has 2 unspecified atom stereocenters. The molecule has 1 N–H and O–H groups in total. The van der Waals surface area contributed by atoms with E-state index in [1.54, 1.807) is 0 Å². The summed E-state index contributed by atoms with van der Waals surface area (Å²) in [6, 6.07) is 0.116. The van der Waals surface area contributed by atoms with Crippen molar-refractivity contribution in [3.63, 3.8) is 0 Å². The number of amides is 1. The molecule has 2 fully saturated rings. The van der Waals surface area contributed by atoms with Crippen LogP contribution in [0.5, 0.6) is 0 Å². The number of likely N-dealkylation sites (tertiary alicyclic amines) is 1. The van der Waals surface area contributed by atoms with E-state index in [0.29, 0.717) is 11.3 Å². The second kappa shape index (κ2) is 5.46. The van der Waals surface area contributed by atoms with Gasteiger partial charge in [-0.3, -0.25) is 4.79 Å². The van der Waals surface area contributed by atoms with E-state index in [9.17, 15) is 26.7 Å². The summed E-state index contributed by atoms with van der Waals surface area (Å²) in [5.74, 6) is -7.45. The third kappa shape index (κ3) is 2.89. The Morgan fingerprint density at radius 3 is 2.35 bits per heavy atom. The number of nitrogens with zero attached hydrogens (tertiary/aromatic N) is 1. The first-order chi connectivity index (χ1) is 9.23. The van der Waals surface area contributed by atoms with Crippen LogP contribution in [0.3, 0.4) is 0 Å². The van der Waals surface area contributed by atoms with Crippen molar-refractivity contribution in [2.75, 3.05) is 19.6 Å². The van der Waals surface area contributed by atoms with Gasteiger partial charge < -0.3 is 10.2 Å². The molecule has 0 saturated carbocycles. The minimum atomic E-state index is -5.83. The normalized spacial score (nSPS) is 28.8. The van der Waals surface area contributed by atoms with Crippen LogP contribution in [0.4, 0.5) is 22.0 Å². The smallest absolute Gasteiger partial charge is 0.337 e. The highest BCUT2D eigenvalue weighted by molar-refractivity contribution is 5.84. The maximum Gasteiger partial charge on any atom is 0.463 e. The highest BCUT2D eigenvalue weighted by atomic mass is 19.4. The fourth-order valence-electron chi connectivity index (χ4n) is 2.96. The van der Waals surface area contributed by atoms with Gasteiger partial charge in [0.05, 0.1) is 0 Å². The molecule has 0 aromatic heterocycles. The van der Waals surface area contributed by atoms with E-state index in [2.05, 4.69) is 5.32 Å². The van der Waals surface area contributed by atoms with Crippen LogP contribution in [-0.4, -0.2) is 48.6 Å². The molecule has 116 valence electrons. The van der Waals surface area contributed by atoms with E-state index >= 15 is 0 Å². The molecule has 2 aliphatic rings. The Labute approximate surface area is 113 Å². The summed E-state index contributed by atoms with van der Waals surface area (Å²) in [5, 5.41) is 3.21. The van der Waals surface area contributed by atoms with Crippen molar-refractivity contribution >= 4 is 5.91 Å². The Kier molecular flexibility index (Phi) is 4.22. The van der Waals surface area contributed by atoms with E-state index in [4.69, 9.17) is 0 Å². The fourth-order valence-corrected chi connectivity index (χ4v) is 2.96. The van der Waals surface area contributed by atoms with Gasteiger partial charge in [0.2, 0.25) is 0 Å². The third-order valence-electron chi connectivity index (χ3n) is 4.04. The third-order valence-corrected chi connectivity index (χ3v) is 4.04. The minimum absolute atomic E-state index is 0.0256. The number of hydrogen-bond acceptors (Lipinski definition) is 2. The zero-order valence-corrected chi connectivity index (χ0v) is 10.8. The van der Waals surface area contributed by atoms with Gasteiger partial charge in [0.1, 0.15) is 0 Å². The molecule has 0 aromatic rings. The van der Waals surface area contributed by atoms with E-state index in [0.717, 1.165) is 25.8 Å². The number of nitrogens with one attached hydrogen (secondary N) is 1. The zero-order valence-electron chi connectivity index (χ0n) is 10.8. The first-order valence-electron chi connectivity index (χ1n) is 6.71. The molecule has 8 heteroatoms. The van der Waals surface area contributed by atoms with Gasteiger partial charge in [0.25, 0.3) is 0 Å². The van der Waals surface area contributed by atoms with E-state index in [1.165, 1.54) is 0 Å². The van der Waals surface area contributed by atoms with Crippen LogP contribution in [0.25, 0.3) is 0 Å². The topological polar surface area (TPSA) is 32.3 Å². The van der Waals surface area contributed by atoms with E-state index in [-0.39, 0.29) is 25.0 Å². The van der Waals surface area contributed by atoms with Gasteiger partial charge in [0.15, 0.2) is 0 Å². The van der Waals surface area contributed by atoms with Crippen molar-refractivity contribution < 1.29 is 26.7 Å². The van der Waals surface area contributed by atoms with Gasteiger partial charge in [-0.2, -0.15) is 22.0 Å². The molecule has 2 rings (SSSR count). The number of hydrogen-bond donors (Lipinski definition) is 1. The SMILES string of the molecule is O=C(N1CCCC(C2CCCN2)C1)C(F)(F)C(F)(F)F. The summed E-state index contributed by atoms with van der Waals surface area (Å²) in [4.78, 5) is 12.1. The van der Waals surface area contributed by atoms with Gasteiger partial charge in [-0.15, -0.1) is 0 Å². The van der Waals surface area contributed by atoms with Crippen LogP contribution >= 0.6 is 0 Å². The number of rotatable bonds is 2. The highest BCUT2D eigenvalue weighted by Gasteiger charge is 2.64. The van der Waals surface area contributed by atoms with E-state index < -0.39 is 18.0 Å². The highest BCUT2D eigenvalue weighted by Crippen LogP contribution is 2.38. The number of carbonyl (C=O) groups is 1. The standard InChI is InChI=1S/C12H17F5N2O/c13-11(14,12(15,16)17)10(20)19-6-2-3-8(7-19)9-4-1-5-18-9/h8-9,18H,1-7H2. The minimum Gasteiger partial charge on any atom is -0.337 e. The van der Waals surface area contributed by atoms with Crippen molar-refractivity contribution in [3.05, 3.63) is 0 Å². The van der Waals surface area contributed by atoms with Crippen molar-refractivity contribution in [1.29, 1.82) is 0 Å². The summed E-state index contributed by atoms with van der Waals surface area (Å²) in [6.45, 7) is 0.768. The lowest BCUT2D eigenvalue weighted by atomic mass is 9.89. The Bertz CT molecular complexity index is 365. The molecular formula is C12H17F5N2O. The lowest BCUT2D eigenvalue weighted by Gasteiger charge is -2.37. The summed E-state index contributed by atoms with van der Waals surface area (Å²) < 4.78 is 62.8. The molecule has 0 aliphatic carbocycles. The molecule has 0 aromatic carbocycles. The molecule has 2 atom stereocenters. The molecule has 2 aliphatic heterocycles. The van der Waals surface area contributed by atoms with Crippen LogP contribution in [0.1, 0.15) is 25.7 Å². The Morgan fingerprint density at radius 1 is 1.10 bits per heavy atom. The maximum atomic E-state index is 13.1. The van der Waals surface area contributed by atoms with Crippen LogP contribution in [-0.2, 0) is 4.79 Å². The molecule has 0 radical (unpaired) electrons. The first kappa shape index (κ1) is 15.5. The summed E-state index contributed by atoms with van der Waals surface area (Å²) in [7, 11) is 0. The molecule has 2 saturated heterocycles. The van der Waals surface area contributed by atoms with E-state index in [1.807, 2.05) is 0 Å². The van der Waals surface area contributed by atoms with Gasteiger partial charge in [-0.05, 0) is 38.1 Å². The number of piperidine rings is 1. The maximum absolute atomic E-state index is 13.1. The first-order valence-corrected chi connectivity index (χ1v) is 6.71. The summed E-state index contributed by atoms with van der Waals surface area (Å²) in [6.07, 6.45) is -2.78. The number of halogens is 5. The second-order valence-electron chi connectivity index (χ2n) is 5.43. The van der Waals surface area contributed by atoms with Crippen LogP contribution in [0, 0.1) is 5.92 Å². The Hall–Kier alpha value is -0.920. The van der Waals surface area contributed by atoms with Crippen LogP contribution in [0.15, 0.2) is 0 Å². The van der Waals surface area contributed by atoms with Crippen molar-refractivity contribution in [2.24, 2.45) is 5.92 Å². The van der Waals surface area contributed by atoms with Gasteiger partial charge >= 0.3 is 18.0 Å². The summed E-state index contributed by atoms with van der Waals surface area (Å²) >= 11 is 0. The zero-order chi connectivity index (χ0) is 15.0. The summed E-state index contributed by atoms with van der Waals surface area (Å²) in [5.41, 5.74) is 0. The molecule has 2 heterocycles. The lowest BCUT2D eigenvalue weighted by molar-refractivity contribution is -0.275. The van der Waals surface area contributed by atoms with Crippen molar-refractivity contribution in [3.8, 4) is 0 Å². The van der Waals surface area contributed by atoms with Gasteiger partial charge in [-0.25, -0.2) is 0 Å². The second-order valence-corrected chi connectivity index (χ2v) is 5.43. The average molecular weight is 300 g/mol. The molecule has 20 heavy (non-hydrogen) atoms. The largest absolute Gasteiger partial charge is 0.463 e. The fraction of sp³-hybridized carbons (Fsp3) is 0.917. The molecule has 1 amide bonds. The van der Waals surface area contributed by atoms with Crippen molar-refractivity contribution in [2.45, 2.75) is 43.8 Å². The number of carbonyl (C=O) groups excluding carboxylic acids is 1. The van der Waals surface area contributed by atoms with Gasteiger partial charge in [0, 0.05) is 19.1 Å². The molecule has 0 spiro atoms. The monoisotopic (exact) mass is 300 g/mol. The molecular weight excluding hydrogens is 283 g/mol. The Balaban J connectivity index is 2.03. The number of alkyl halides is 5. The van der Waals surface area contributed by atoms with Crippen LogP contribution in [0.2, 0.25) is 0 Å². The Morgan fingerprint density at radius 2 is 1.80 bits per heavy atom. The predicted molar refractivity (Wildman–Crippen MR) is 61.3 cm³/mol.